The number of para-hydroxylation sites is 1. The first kappa shape index (κ1) is 19.7. The molecule has 2 rings (SSSR count). The van der Waals surface area contributed by atoms with Gasteiger partial charge in [0.15, 0.2) is 5.78 Å². The van der Waals surface area contributed by atoms with E-state index < -0.39 is 10.0 Å². The lowest BCUT2D eigenvalue weighted by Gasteiger charge is -2.15. The molecule has 1 amide bonds. The van der Waals surface area contributed by atoms with Crippen molar-refractivity contribution in [1.29, 1.82) is 0 Å². The molecule has 7 heteroatoms. The van der Waals surface area contributed by atoms with Gasteiger partial charge >= 0.3 is 0 Å². The molecule has 0 aromatic heterocycles. The van der Waals surface area contributed by atoms with E-state index in [1.165, 1.54) is 37.3 Å². The van der Waals surface area contributed by atoms with Gasteiger partial charge in [0.1, 0.15) is 0 Å². The van der Waals surface area contributed by atoms with Crippen molar-refractivity contribution in [2.45, 2.75) is 38.1 Å². The van der Waals surface area contributed by atoms with Crippen molar-refractivity contribution in [3.8, 4) is 0 Å². The van der Waals surface area contributed by atoms with E-state index in [0.29, 0.717) is 5.56 Å². The first-order chi connectivity index (χ1) is 12.2. The lowest BCUT2D eigenvalue weighted by molar-refractivity contribution is 0.0939. The van der Waals surface area contributed by atoms with Crippen molar-refractivity contribution in [3.05, 3.63) is 59.7 Å². The second-order valence-electron chi connectivity index (χ2n) is 6.01. The predicted octanol–water partition coefficient (Wildman–Crippen LogP) is 3.22. The zero-order valence-electron chi connectivity index (χ0n) is 14.9. The molecule has 0 aliphatic heterocycles. The first-order valence-corrected chi connectivity index (χ1v) is 9.76. The largest absolute Gasteiger partial charge is 0.350 e. The topological polar surface area (TPSA) is 92.3 Å². The number of hydrogen-bond acceptors (Lipinski definition) is 4. The molecule has 26 heavy (non-hydrogen) atoms. The van der Waals surface area contributed by atoms with Gasteiger partial charge < -0.3 is 5.32 Å². The Morgan fingerprint density at radius 1 is 1.04 bits per heavy atom. The summed E-state index contributed by atoms with van der Waals surface area (Å²) < 4.78 is 27.7. The number of sulfonamides is 1. The first-order valence-electron chi connectivity index (χ1n) is 8.28. The molecule has 0 radical (unpaired) electrons. The van der Waals surface area contributed by atoms with Crippen molar-refractivity contribution in [2.24, 2.45) is 0 Å². The van der Waals surface area contributed by atoms with Crippen LogP contribution in [0, 0.1) is 0 Å². The summed E-state index contributed by atoms with van der Waals surface area (Å²) in [6.07, 6.45) is 0.766. The molecule has 0 fully saturated rings. The highest BCUT2D eigenvalue weighted by Gasteiger charge is 2.19. The maximum atomic E-state index is 12.6. The lowest BCUT2D eigenvalue weighted by atomic mass is 10.1. The summed E-state index contributed by atoms with van der Waals surface area (Å²) in [5.74, 6) is -0.487. The fourth-order valence-corrected chi connectivity index (χ4v) is 3.33. The fourth-order valence-electron chi connectivity index (χ4n) is 2.25. The number of carbonyl (C=O) groups is 2. The molecule has 0 aliphatic carbocycles. The maximum Gasteiger partial charge on any atom is 0.261 e. The third kappa shape index (κ3) is 4.70. The molecule has 2 N–H and O–H groups in total. The van der Waals surface area contributed by atoms with Gasteiger partial charge in [-0.05, 0) is 44.5 Å². The normalized spacial score (nSPS) is 12.3. The average Bonchev–Trinajstić information content (AvgIpc) is 2.61. The Morgan fingerprint density at radius 2 is 1.65 bits per heavy atom. The van der Waals surface area contributed by atoms with Crippen LogP contribution < -0.4 is 10.0 Å². The number of Topliss-reactive ketones (excluding diaryl/α,β-unsaturated/α-hetero) is 1. The molecular weight excluding hydrogens is 352 g/mol. The Hall–Kier alpha value is -2.67. The van der Waals surface area contributed by atoms with Crippen molar-refractivity contribution in [1.82, 2.24) is 5.32 Å². The van der Waals surface area contributed by atoms with Gasteiger partial charge in [-0.3, -0.25) is 14.3 Å². The van der Waals surface area contributed by atoms with Crippen LogP contribution in [0.1, 0.15) is 47.9 Å². The lowest BCUT2D eigenvalue weighted by Crippen LogP contribution is -2.32. The Morgan fingerprint density at radius 3 is 2.23 bits per heavy atom. The van der Waals surface area contributed by atoms with Gasteiger partial charge in [-0.2, -0.15) is 0 Å². The number of hydrogen-bond donors (Lipinski definition) is 2. The van der Waals surface area contributed by atoms with Crippen LogP contribution in [0.15, 0.2) is 53.4 Å². The minimum atomic E-state index is -3.89. The van der Waals surface area contributed by atoms with E-state index in [9.17, 15) is 18.0 Å². The van der Waals surface area contributed by atoms with Gasteiger partial charge in [-0.25, -0.2) is 8.42 Å². The van der Waals surface area contributed by atoms with E-state index in [1.54, 1.807) is 18.2 Å². The smallest absolute Gasteiger partial charge is 0.261 e. The quantitative estimate of drug-likeness (QED) is 0.728. The molecule has 0 saturated heterocycles. The fraction of sp³-hybridized carbons (Fsp3) is 0.263. The monoisotopic (exact) mass is 374 g/mol. The highest BCUT2D eigenvalue weighted by Crippen LogP contribution is 2.21. The molecule has 2 aromatic rings. The van der Waals surface area contributed by atoms with Crippen LogP contribution in [-0.4, -0.2) is 26.2 Å². The van der Waals surface area contributed by atoms with E-state index in [4.69, 9.17) is 0 Å². The Balaban J connectivity index is 2.29. The number of carbonyl (C=O) groups excluding carboxylic acids is 2. The molecule has 0 bridgehead atoms. The summed E-state index contributed by atoms with van der Waals surface area (Å²) in [6.45, 7) is 5.24. The van der Waals surface area contributed by atoms with Gasteiger partial charge in [0.05, 0.1) is 16.1 Å². The number of anilines is 1. The number of ketones is 1. The summed E-state index contributed by atoms with van der Waals surface area (Å²) in [4.78, 5) is 23.7. The minimum Gasteiger partial charge on any atom is -0.350 e. The van der Waals surface area contributed by atoms with Gasteiger partial charge in [-0.1, -0.05) is 31.2 Å². The predicted molar refractivity (Wildman–Crippen MR) is 101 cm³/mol. The summed E-state index contributed by atoms with van der Waals surface area (Å²) in [5, 5.41) is 2.82. The molecule has 0 spiro atoms. The van der Waals surface area contributed by atoms with E-state index in [0.717, 1.165) is 6.42 Å². The van der Waals surface area contributed by atoms with Gasteiger partial charge in [0.2, 0.25) is 0 Å². The Kier molecular flexibility index (Phi) is 6.15. The van der Waals surface area contributed by atoms with Crippen LogP contribution in [-0.2, 0) is 10.0 Å². The van der Waals surface area contributed by atoms with Crippen LogP contribution in [0.5, 0.6) is 0 Å². The van der Waals surface area contributed by atoms with E-state index in [-0.39, 0.29) is 33.9 Å². The van der Waals surface area contributed by atoms with Crippen LogP contribution in [0.3, 0.4) is 0 Å². The minimum absolute atomic E-state index is 0.0136. The SMILES string of the molecule is CC[C@@H](C)NC(=O)c1ccccc1NS(=O)(=O)c1ccc(C(C)=O)cc1. The van der Waals surface area contributed by atoms with Crippen LogP contribution in [0.25, 0.3) is 0 Å². The molecule has 6 nitrogen and oxygen atoms in total. The van der Waals surface area contributed by atoms with Crippen LogP contribution in [0.2, 0.25) is 0 Å². The van der Waals surface area contributed by atoms with E-state index >= 15 is 0 Å². The molecule has 0 saturated carbocycles. The van der Waals surface area contributed by atoms with Crippen molar-refractivity contribution in [2.75, 3.05) is 4.72 Å². The molecule has 0 unspecified atom stereocenters. The summed E-state index contributed by atoms with van der Waals surface area (Å²) in [7, 11) is -3.89. The third-order valence-corrected chi connectivity index (χ3v) is 5.36. The highest BCUT2D eigenvalue weighted by molar-refractivity contribution is 7.92. The second-order valence-corrected chi connectivity index (χ2v) is 7.70. The van der Waals surface area contributed by atoms with Crippen LogP contribution in [0.4, 0.5) is 5.69 Å². The average molecular weight is 374 g/mol. The molecule has 0 aliphatic rings. The maximum absolute atomic E-state index is 12.6. The summed E-state index contributed by atoms with van der Waals surface area (Å²) >= 11 is 0. The van der Waals surface area contributed by atoms with Gasteiger partial charge in [0, 0.05) is 11.6 Å². The number of amides is 1. The number of nitrogens with one attached hydrogen (secondary N) is 2. The molecule has 0 heterocycles. The second kappa shape index (κ2) is 8.14. The molecule has 1 atom stereocenters. The van der Waals surface area contributed by atoms with Gasteiger partial charge in [0.25, 0.3) is 15.9 Å². The summed E-state index contributed by atoms with van der Waals surface area (Å²) in [6, 6.07) is 12.0. The number of benzene rings is 2. The van der Waals surface area contributed by atoms with E-state index in [2.05, 4.69) is 10.0 Å². The van der Waals surface area contributed by atoms with Crippen molar-refractivity contribution in [3.63, 3.8) is 0 Å². The van der Waals surface area contributed by atoms with Crippen LogP contribution >= 0.6 is 0 Å². The van der Waals surface area contributed by atoms with Crippen molar-refractivity contribution < 1.29 is 18.0 Å². The van der Waals surface area contributed by atoms with E-state index in [1.807, 2.05) is 13.8 Å². The summed E-state index contributed by atoms with van der Waals surface area (Å²) in [5.41, 5.74) is 0.873. The number of rotatable bonds is 7. The molecule has 138 valence electrons. The standard InChI is InChI=1S/C19H22N2O4S/c1-4-13(2)20-19(23)17-7-5-6-8-18(17)21-26(24,25)16-11-9-15(10-12-16)14(3)22/h5-13,21H,4H2,1-3H3,(H,20,23)/t13-/m1/s1. The zero-order valence-corrected chi connectivity index (χ0v) is 15.8. The third-order valence-electron chi connectivity index (χ3n) is 3.98. The Bertz CT molecular complexity index is 905. The molecular formula is C19H22N2O4S. The highest BCUT2D eigenvalue weighted by atomic mass is 32.2. The Labute approximate surface area is 153 Å². The van der Waals surface area contributed by atoms with Gasteiger partial charge in [-0.15, -0.1) is 0 Å². The zero-order chi connectivity index (χ0) is 19.3. The molecule has 2 aromatic carbocycles. The van der Waals surface area contributed by atoms with Crippen molar-refractivity contribution >= 4 is 27.4 Å².